The van der Waals surface area contributed by atoms with E-state index >= 15 is 0 Å². The Morgan fingerprint density at radius 2 is 1.89 bits per heavy atom. The molecule has 1 aromatic carbocycles. The Hall–Kier alpha value is -1.56. The molecule has 1 aromatic rings. The molecule has 1 rings (SSSR count). The van der Waals surface area contributed by atoms with Gasteiger partial charge >= 0.3 is 6.18 Å². The molecule has 106 valence electrons. The van der Waals surface area contributed by atoms with Gasteiger partial charge in [-0.1, -0.05) is 12.1 Å². The van der Waals surface area contributed by atoms with Gasteiger partial charge in [0.2, 0.25) is 5.91 Å². The molecule has 0 saturated heterocycles. The monoisotopic (exact) mass is 275 g/mol. The van der Waals surface area contributed by atoms with Gasteiger partial charge in [0.1, 0.15) is 6.61 Å². The van der Waals surface area contributed by atoms with Crippen LogP contribution in [0.15, 0.2) is 24.3 Å². The van der Waals surface area contributed by atoms with E-state index < -0.39 is 11.7 Å². The third-order valence-electron chi connectivity index (χ3n) is 2.45. The Kier molecular flexibility index (Phi) is 5.82. The number of hydrogen-bond acceptors (Lipinski definition) is 2. The van der Waals surface area contributed by atoms with Gasteiger partial charge in [0.25, 0.3) is 0 Å². The largest absolute Gasteiger partial charge is 0.416 e. The molecule has 3 nitrogen and oxygen atoms in total. The molecule has 0 aliphatic heterocycles. The number of nitrogens with one attached hydrogen (secondary N) is 1. The summed E-state index contributed by atoms with van der Waals surface area (Å²) < 4.78 is 41.9. The first-order chi connectivity index (χ1) is 8.93. The molecule has 0 bridgehead atoms. The standard InChI is InChI=1S/C13H16F3NO2/c1-2-19-9-12(18)17-8-7-10-3-5-11(6-4-10)13(14,15)16/h3-6H,2,7-9H2,1H3,(H,17,18). The second kappa shape index (κ2) is 7.13. The number of carbonyl (C=O) groups is 1. The van der Waals surface area contributed by atoms with E-state index in [2.05, 4.69) is 5.32 Å². The first-order valence-corrected chi connectivity index (χ1v) is 5.94. The van der Waals surface area contributed by atoms with Gasteiger partial charge in [-0.15, -0.1) is 0 Å². The normalized spacial score (nSPS) is 11.4. The quantitative estimate of drug-likeness (QED) is 0.865. The van der Waals surface area contributed by atoms with Gasteiger partial charge in [0.15, 0.2) is 0 Å². The van der Waals surface area contributed by atoms with E-state index in [1.165, 1.54) is 12.1 Å². The fourth-order valence-corrected chi connectivity index (χ4v) is 1.45. The molecule has 1 N–H and O–H groups in total. The summed E-state index contributed by atoms with van der Waals surface area (Å²) in [7, 11) is 0. The molecule has 0 aromatic heterocycles. The highest BCUT2D eigenvalue weighted by Gasteiger charge is 2.29. The number of alkyl halides is 3. The molecule has 0 saturated carbocycles. The zero-order valence-electron chi connectivity index (χ0n) is 10.6. The van der Waals surface area contributed by atoms with Gasteiger partial charge in [-0.05, 0) is 31.0 Å². The van der Waals surface area contributed by atoms with Crippen molar-refractivity contribution in [3.05, 3.63) is 35.4 Å². The zero-order chi connectivity index (χ0) is 14.3. The summed E-state index contributed by atoms with van der Waals surface area (Å²) in [5.41, 5.74) is 0.0707. The summed E-state index contributed by atoms with van der Waals surface area (Å²) in [5.74, 6) is -0.228. The fourth-order valence-electron chi connectivity index (χ4n) is 1.45. The average molecular weight is 275 g/mol. The summed E-state index contributed by atoms with van der Waals surface area (Å²) >= 11 is 0. The number of rotatable bonds is 6. The number of ether oxygens (including phenoxy) is 1. The first kappa shape index (κ1) is 15.5. The number of amides is 1. The van der Waals surface area contributed by atoms with Crippen LogP contribution in [0.2, 0.25) is 0 Å². The maximum Gasteiger partial charge on any atom is 0.416 e. The van der Waals surface area contributed by atoms with Crippen molar-refractivity contribution in [2.24, 2.45) is 0 Å². The molecular weight excluding hydrogens is 259 g/mol. The number of carbonyl (C=O) groups excluding carboxylic acids is 1. The topological polar surface area (TPSA) is 38.3 Å². The van der Waals surface area contributed by atoms with Crippen LogP contribution in [0.3, 0.4) is 0 Å². The van der Waals surface area contributed by atoms with E-state index in [9.17, 15) is 18.0 Å². The summed E-state index contributed by atoms with van der Waals surface area (Å²) in [6, 6.07) is 4.91. The maximum absolute atomic E-state index is 12.3. The third kappa shape index (κ3) is 5.74. The smallest absolute Gasteiger partial charge is 0.372 e. The van der Waals surface area contributed by atoms with Crippen LogP contribution in [-0.4, -0.2) is 25.7 Å². The van der Waals surface area contributed by atoms with E-state index in [1.54, 1.807) is 6.92 Å². The molecule has 0 spiro atoms. The molecule has 0 aliphatic carbocycles. The molecule has 0 heterocycles. The van der Waals surface area contributed by atoms with Gasteiger partial charge in [0, 0.05) is 13.2 Å². The molecule has 6 heteroatoms. The van der Waals surface area contributed by atoms with Gasteiger partial charge in [0.05, 0.1) is 5.56 Å². The summed E-state index contributed by atoms with van der Waals surface area (Å²) in [6.07, 6.45) is -3.83. The van der Waals surface area contributed by atoms with Gasteiger partial charge in [-0.3, -0.25) is 4.79 Å². The third-order valence-corrected chi connectivity index (χ3v) is 2.45. The SMILES string of the molecule is CCOCC(=O)NCCc1ccc(C(F)(F)F)cc1. The van der Waals surface area contributed by atoms with Crippen molar-refractivity contribution >= 4 is 5.91 Å². The van der Waals surface area contributed by atoms with Crippen LogP contribution in [0.4, 0.5) is 13.2 Å². The average Bonchev–Trinajstić information content (AvgIpc) is 2.36. The summed E-state index contributed by atoms with van der Waals surface area (Å²) in [5, 5.41) is 2.62. The lowest BCUT2D eigenvalue weighted by atomic mass is 10.1. The van der Waals surface area contributed by atoms with Crippen LogP contribution in [-0.2, 0) is 22.1 Å². The molecular formula is C13H16F3NO2. The second-order valence-corrected chi connectivity index (χ2v) is 3.93. The Balaban J connectivity index is 2.36. The van der Waals surface area contributed by atoms with Crippen molar-refractivity contribution in [1.82, 2.24) is 5.32 Å². The highest BCUT2D eigenvalue weighted by molar-refractivity contribution is 5.77. The van der Waals surface area contributed by atoms with Gasteiger partial charge < -0.3 is 10.1 Å². The lowest BCUT2D eigenvalue weighted by molar-refractivity contribution is -0.137. The Labute approximate surface area is 109 Å². The lowest BCUT2D eigenvalue weighted by Crippen LogP contribution is -2.29. The van der Waals surface area contributed by atoms with Crippen molar-refractivity contribution in [1.29, 1.82) is 0 Å². The van der Waals surface area contributed by atoms with Crippen LogP contribution in [0, 0.1) is 0 Å². The van der Waals surface area contributed by atoms with Crippen LogP contribution in [0.1, 0.15) is 18.1 Å². The summed E-state index contributed by atoms with van der Waals surface area (Å²) in [6.45, 7) is 2.63. The minimum absolute atomic E-state index is 0.00348. The first-order valence-electron chi connectivity index (χ1n) is 5.94. The van der Waals surface area contributed by atoms with E-state index in [0.717, 1.165) is 17.7 Å². The second-order valence-electron chi connectivity index (χ2n) is 3.93. The van der Waals surface area contributed by atoms with E-state index in [4.69, 9.17) is 4.74 Å². The summed E-state index contributed by atoms with van der Waals surface area (Å²) in [4.78, 5) is 11.2. The van der Waals surface area contributed by atoms with E-state index in [0.29, 0.717) is 19.6 Å². The Bertz CT molecular complexity index is 401. The zero-order valence-corrected chi connectivity index (χ0v) is 10.6. The van der Waals surface area contributed by atoms with Crippen LogP contribution in [0.25, 0.3) is 0 Å². The predicted octanol–water partition coefficient (Wildman–Crippen LogP) is 2.40. The minimum Gasteiger partial charge on any atom is -0.372 e. The van der Waals surface area contributed by atoms with Crippen molar-refractivity contribution < 1.29 is 22.7 Å². The van der Waals surface area contributed by atoms with Crippen LogP contribution < -0.4 is 5.32 Å². The Morgan fingerprint density at radius 1 is 1.26 bits per heavy atom. The van der Waals surface area contributed by atoms with Crippen LogP contribution in [0.5, 0.6) is 0 Å². The lowest BCUT2D eigenvalue weighted by Gasteiger charge is -2.08. The highest BCUT2D eigenvalue weighted by Crippen LogP contribution is 2.29. The Morgan fingerprint density at radius 3 is 2.42 bits per heavy atom. The molecule has 1 amide bonds. The fraction of sp³-hybridized carbons (Fsp3) is 0.462. The number of benzene rings is 1. The molecule has 0 fully saturated rings. The van der Waals surface area contributed by atoms with Crippen molar-refractivity contribution in [2.75, 3.05) is 19.8 Å². The molecule has 0 unspecified atom stereocenters. The van der Waals surface area contributed by atoms with E-state index in [-0.39, 0.29) is 12.5 Å². The van der Waals surface area contributed by atoms with Gasteiger partial charge in [-0.25, -0.2) is 0 Å². The number of halogens is 3. The maximum atomic E-state index is 12.3. The van der Waals surface area contributed by atoms with Crippen LogP contribution >= 0.6 is 0 Å². The molecule has 0 atom stereocenters. The van der Waals surface area contributed by atoms with Crippen molar-refractivity contribution in [3.63, 3.8) is 0 Å². The van der Waals surface area contributed by atoms with Crippen molar-refractivity contribution in [3.8, 4) is 0 Å². The predicted molar refractivity (Wildman–Crippen MR) is 64.7 cm³/mol. The van der Waals surface area contributed by atoms with E-state index in [1.807, 2.05) is 0 Å². The highest BCUT2D eigenvalue weighted by atomic mass is 19.4. The molecule has 19 heavy (non-hydrogen) atoms. The minimum atomic E-state index is -4.32. The number of hydrogen-bond donors (Lipinski definition) is 1. The molecule has 0 aliphatic rings. The van der Waals surface area contributed by atoms with Gasteiger partial charge in [-0.2, -0.15) is 13.2 Å². The molecule has 0 radical (unpaired) electrons. The van der Waals surface area contributed by atoms with Crippen molar-refractivity contribution in [2.45, 2.75) is 19.5 Å².